The van der Waals surface area contributed by atoms with Gasteiger partial charge in [0.25, 0.3) is 0 Å². The zero-order valence-electron chi connectivity index (χ0n) is 11.8. The van der Waals surface area contributed by atoms with Crippen LogP contribution in [0.15, 0.2) is 23.2 Å². The molecule has 1 aromatic heterocycles. The van der Waals surface area contributed by atoms with Gasteiger partial charge in [-0.3, -0.25) is 0 Å². The molecule has 0 saturated heterocycles. The number of nitrogens with one attached hydrogen (secondary N) is 2. The van der Waals surface area contributed by atoms with Crippen molar-refractivity contribution < 1.29 is 8.42 Å². The second-order valence-corrected chi connectivity index (χ2v) is 8.06. The number of nitrogens with zero attached hydrogens (tertiary/aromatic N) is 1. The maximum atomic E-state index is 12.3. The van der Waals surface area contributed by atoms with Crippen LogP contribution in [-0.4, -0.2) is 37.5 Å². The van der Waals surface area contributed by atoms with Crippen molar-refractivity contribution in [1.82, 2.24) is 9.71 Å². The van der Waals surface area contributed by atoms with Crippen molar-refractivity contribution in [2.75, 3.05) is 24.7 Å². The highest BCUT2D eigenvalue weighted by molar-refractivity contribution is 8.00. The maximum Gasteiger partial charge on any atom is 0.240 e. The Balaban J connectivity index is 2.04. The Morgan fingerprint density at radius 2 is 2.20 bits per heavy atom. The lowest BCUT2D eigenvalue weighted by atomic mass is 10.4. The first-order valence-corrected chi connectivity index (χ1v) is 9.47. The third-order valence-corrected chi connectivity index (χ3v) is 6.24. The van der Waals surface area contributed by atoms with Gasteiger partial charge in [0.2, 0.25) is 10.0 Å². The molecule has 0 atom stereocenters. The summed E-state index contributed by atoms with van der Waals surface area (Å²) in [5.74, 6) is 0.598. The molecule has 1 saturated carbocycles. The van der Waals surface area contributed by atoms with Gasteiger partial charge in [-0.15, -0.1) is 0 Å². The molecule has 0 amide bonds. The second-order valence-electron chi connectivity index (χ2n) is 5.02. The predicted molar refractivity (Wildman–Crippen MR) is 83.7 cm³/mol. The van der Waals surface area contributed by atoms with Gasteiger partial charge in [0.1, 0.15) is 5.82 Å². The van der Waals surface area contributed by atoms with Crippen LogP contribution in [0.3, 0.4) is 0 Å². The second kappa shape index (κ2) is 6.32. The Morgan fingerprint density at radius 1 is 1.45 bits per heavy atom. The summed E-state index contributed by atoms with van der Waals surface area (Å²) in [5.41, 5.74) is 0. The lowest BCUT2D eigenvalue weighted by molar-refractivity contribution is 0.579. The minimum absolute atomic E-state index is 0.114. The Morgan fingerprint density at radius 3 is 2.80 bits per heavy atom. The highest BCUT2D eigenvalue weighted by Crippen LogP contribution is 2.46. The molecule has 1 aliphatic carbocycles. The van der Waals surface area contributed by atoms with Crippen LogP contribution in [0.25, 0.3) is 0 Å². The van der Waals surface area contributed by atoms with E-state index >= 15 is 0 Å². The van der Waals surface area contributed by atoms with E-state index in [0.717, 1.165) is 25.8 Å². The van der Waals surface area contributed by atoms with E-state index in [0.29, 0.717) is 12.4 Å². The molecule has 1 heterocycles. The van der Waals surface area contributed by atoms with Gasteiger partial charge < -0.3 is 5.32 Å². The van der Waals surface area contributed by atoms with Crippen LogP contribution in [0.5, 0.6) is 0 Å². The van der Waals surface area contributed by atoms with Crippen molar-refractivity contribution in [3.8, 4) is 0 Å². The highest BCUT2D eigenvalue weighted by atomic mass is 32.2. The molecule has 5 nitrogen and oxygen atoms in total. The Bertz CT molecular complexity index is 556. The van der Waals surface area contributed by atoms with Crippen molar-refractivity contribution in [3.05, 3.63) is 18.3 Å². The molecule has 7 heteroatoms. The molecular weight excluding hydrogens is 294 g/mol. The summed E-state index contributed by atoms with van der Waals surface area (Å²) in [7, 11) is -3.45. The van der Waals surface area contributed by atoms with Crippen molar-refractivity contribution >= 4 is 27.6 Å². The summed E-state index contributed by atoms with van der Waals surface area (Å²) in [4.78, 5) is 4.39. The largest absolute Gasteiger partial charge is 0.370 e. The average Bonchev–Trinajstić information content (AvgIpc) is 3.24. The predicted octanol–water partition coefficient (Wildman–Crippen LogP) is 2.08. The van der Waals surface area contributed by atoms with Crippen molar-refractivity contribution in [3.63, 3.8) is 0 Å². The summed E-state index contributed by atoms with van der Waals surface area (Å²) in [6.45, 7) is 3.32. The van der Waals surface area contributed by atoms with E-state index in [9.17, 15) is 8.42 Å². The number of hydrogen-bond donors (Lipinski definition) is 2. The summed E-state index contributed by atoms with van der Waals surface area (Å²) < 4.78 is 27.4. The van der Waals surface area contributed by atoms with Gasteiger partial charge in [0.05, 0.1) is 4.90 Å². The lowest BCUT2D eigenvalue weighted by Crippen LogP contribution is -2.31. The minimum Gasteiger partial charge on any atom is -0.370 e. The van der Waals surface area contributed by atoms with Crippen LogP contribution in [0.2, 0.25) is 0 Å². The smallest absolute Gasteiger partial charge is 0.240 e. The Labute approximate surface area is 125 Å². The SMILES string of the molecule is CCCNc1cc(S(=O)(=O)NCC2(SC)CC2)ccn1. The normalized spacial score (nSPS) is 16.9. The number of rotatable bonds is 8. The third kappa shape index (κ3) is 3.86. The number of pyridine rings is 1. The van der Waals surface area contributed by atoms with Gasteiger partial charge in [-0.2, -0.15) is 11.8 Å². The summed E-state index contributed by atoms with van der Waals surface area (Å²) in [6, 6.07) is 3.11. The van der Waals surface area contributed by atoms with Crippen molar-refractivity contribution in [1.29, 1.82) is 0 Å². The zero-order chi connectivity index (χ0) is 14.6. The van der Waals surface area contributed by atoms with E-state index in [1.165, 1.54) is 12.3 Å². The topological polar surface area (TPSA) is 71.1 Å². The van der Waals surface area contributed by atoms with E-state index in [2.05, 4.69) is 15.0 Å². The molecule has 1 fully saturated rings. The monoisotopic (exact) mass is 315 g/mol. The fourth-order valence-electron chi connectivity index (χ4n) is 1.83. The first-order chi connectivity index (χ1) is 9.51. The van der Waals surface area contributed by atoms with E-state index < -0.39 is 10.0 Å². The fraction of sp³-hybridized carbons (Fsp3) is 0.615. The van der Waals surface area contributed by atoms with E-state index in [1.54, 1.807) is 17.8 Å². The average molecular weight is 315 g/mol. The first-order valence-electron chi connectivity index (χ1n) is 6.76. The van der Waals surface area contributed by atoms with Gasteiger partial charge >= 0.3 is 0 Å². The molecular formula is C13H21N3O2S2. The summed E-state index contributed by atoms with van der Waals surface area (Å²) in [5, 5.41) is 3.10. The van der Waals surface area contributed by atoms with Crippen LogP contribution in [0, 0.1) is 0 Å². The van der Waals surface area contributed by atoms with Crippen LogP contribution in [-0.2, 0) is 10.0 Å². The van der Waals surface area contributed by atoms with Crippen LogP contribution < -0.4 is 10.0 Å². The highest BCUT2D eigenvalue weighted by Gasteiger charge is 2.42. The van der Waals surface area contributed by atoms with Gasteiger partial charge in [0.15, 0.2) is 0 Å². The number of sulfonamides is 1. The van der Waals surface area contributed by atoms with Crippen LogP contribution >= 0.6 is 11.8 Å². The van der Waals surface area contributed by atoms with Crippen LogP contribution in [0.1, 0.15) is 26.2 Å². The van der Waals surface area contributed by atoms with Gasteiger partial charge in [0, 0.05) is 30.1 Å². The quantitative estimate of drug-likeness (QED) is 0.768. The molecule has 20 heavy (non-hydrogen) atoms. The molecule has 2 N–H and O–H groups in total. The van der Waals surface area contributed by atoms with E-state index in [1.807, 2.05) is 13.2 Å². The molecule has 0 unspecified atom stereocenters. The zero-order valence-corrected chi connectivity index (χ0v) is 13.5. The molecule has 2 rings (SSSR count). The Hall–Kier alpha value is -0.790. The van der Waals surface area contributed by atoms with E-state index in [-0.39, 0.29) is 9.64 Å². The Kier molecular flexibility index (Phi) is 4.93. The maximum absolute atomic E-state index is 12.3. The molecule has 1 aromatic rings. The summed E-state index contributed by atoms with van der Waals surface area (Å²) >= 11 is 1.74. The standard InChI is InChI=1S/C13H21N3O2S2/c1-3-7-14-12-9-11(4-8-15-12)20(17,18)16-10-13(19-2)5-6-13/h4,8-9,16H,3,5-7,10H2,1-2H3,(H,14,15). The van der Waals surface area contributed by atoms with Gasteiger partial charge in [-0.1, -0.05) is 6.92 Å². The fourth-order valence-corrected chi connectivity index (χ4v) is 3.79. The number of thioether (sulfide) groups is 1. The third-order valence-electron chi connectivity index (χ3n) is 3.42. The number of anilines is 1. The van der Waals surface area contributed by atoms with Crippen molar-refractivity contribution in [2.24, 2.45) is 0 Å². The molecule has 0 aliphatic heterocycles. The first kappa shape index (κ1) is 15.6. The number of hydrogen-bond acceptors (Lipinski definition) is 5. The minimum atomic E-state index is -3.45. The van der Waals surface area contributed by atoms with Gasteiger partial charge in [-0.05, 0) is 31.6 Å². The molecule has 0 radical (unpaired) electrons. The lowest BCUT2D eigenvalue weighted by Gasteiger charge is -2.14. The molecule has 0 bridgehead atoms. The van der Waals surface area contributed by atoms with Crippen molar-refractivity contribution in [2.45, 2.75) is 35.8 Å². The molecule has 0 spiro atoms. The molecule has 1 aliphatic rings. The number of aromatic nitrogens is 1. The van der Waals surface area contributed by atoms with Gasteiger partial charge in [-0.25, -0.2) is 18.1 Å². The molecule has 0 aromatic carbocycles. The molecule has 112 valence electrons. The summed E-state index contributed by atoms with van der Waals surface area (Å²) in [6.07, 6.45) is 6.67. The van der Waals surface area contributed by atoms with Crippen LogP contribution in [0.4, 0.5) is 5.82 Å². The van der Waals surface area contributed by atoms with E-state index in [4.69, 9.17) is 0 Å².